The number of hydrogen-bond donors (Lipinski definition) is 1. The van der Waals surface area contributed by atoms with E-state index in [0.717, 1.165) is 12.2 Å². The predicted molar refractivity (Wildman–Crippen MR) is 98.2 cm³/mol. The highest BCUT2D eigenvalue weighted by molar-refractivity contribution is 9.10. The summed E-state index contributed by atoms with van der Waals surface area (Å²) < 4.78 is 11.0. The Morgan fingerprint density at radius 3 is 2.79 bits per heavy atom. The molecular formula is C16H18BrN3O3S. The van der Waals surface area contributed by atoms with Crippen LogP contribution >= 0.6 is 27.7 Å². The number of carbonyl (C=O) groups excluding carboxylic acids is 1. The Morgan fingerprint density at radius 2 is 2.12 bits per heavy atom. The third kappa shape index (κ3) is 4.61. The van der Waals surface area contributed by atoms with Crippen molar-refractivity contribution in [3.8, 4) is 11.5 Å². The molecule has 128 valence electrons. The number of methoxy groups -OCH3 is 2. The molecule has 1 N–H and O–H groups in total. The van der Waals surface area contributed by atoms with Crippen LogP contribution in [-0.4, -0.2) is 35.8 Å². The molecule has 2 aromatic rings. The van der Waals surface area contributed by atoms with E-state index in [2.05, 4.69) is 38.1 Å². The van der Waals surface area contributed by atoms with Crippen molar-refractivity contribution in [1.29, 1.82) is 0 Å². The first kappa shape index (κ1) is 18.5. The highest BCUT2D eigenvalue weighted by atomic mass is 79.9. The Labute approximate surface area is 153 Å². The van der Waals surface area contributed by atoms with Crippen LogP contribution in [-0.2, 0) is 0 Å². The van der Waals surface area contributed by atoms with E-state index in [4.69, 9.17) is 9.47 Å². The van der Waals surface area contributed by atoms with Gasteiger partial charge in [0.15, 0.2) is 5.16 Å². The summed E-state index contributed by atoms with van der Waals surface area (Å²) >= 11 is 4.84. The van der Waals surface area contributed by atoms with Crippen LogP contribution in [0, 0.1) is 0 Å². The molecule has 24 heavy (non-hydrogen) atoms. The second-order valence-electron chi connectivity index (χ2n) is 4.72. The summed E-state index contributed by atoms with van der Waals surface area (Å²) in [5.74, 6) is 1.71. The number of thioether (sulfide) groups is 1. The van der Waals surface area contributed by atoms with E-state index < -0.39 is 0 Å². The van der Waals surface area contributed by atoms with Crippen molar-refractivity contribution in [2.24, 2.45) is 0 Å². The van der Waals surface area contributed by atoms with Gasteiger partial charge in [-0.1, -0.05) is 18.7 Å². The van der Waals surface area contributed by atoms with Gasteiger partial charge in [-0.2, -0.15) is 0 Å². The largest absolute Gasteiger partial charge is 0.497 e. The fraction of sp³-hybridized carbons (Fsp3) is 0.312. The summed E-state index contributed by atoms with van der Waals surface area (Å²) in [5.41, 5.74) is 0.818. The summed E-state index contributed by atoms with van der Waals surface area (Å²) in [4.78, 5) is 21.1. The Morgan fingerprint density at radius 1 is 1.33 bits per heavy atom. The fourth-order valence-corrected chi connectivity index (χ4v) is 2.90. The Hall–Kier alpha value is -1.80. The van der Waals surface area contributed by atoms with Crippen molar-refractivity contribution in [2.75, 3.05) is 25.3 Å². The monoisotopic (exact) mass is 411 g/mol. The second-order valence-corrected chi connectivity index (χ2v) is 6.63. The molecule has 2 rings (SSSR count). The van der Waals surface area contributed by atoms with Crippen LogP contribution in [0.2, 0.25) is 0 Å². The number of carbonyl (C=O) groups is 1. The molecule has 1 aromatic carbocycles. The average molecular weight is 412 g/mol. The van der Waals surface area contributed by atoms with E-state index in [1.807, 2.05) is 0 Å². The molecule has 1 heterocycles. The van der Waals surface area contributed by atoms with Crippen molar-refractivity contribution in [3.05, 3.63) is 34.6 Å². The number of hydrogen-bond acceptors (Lipinski definition) is 6. The first-order valence-electron chi connectivity index (χ1n) is 7.27. The number of ether oxygens (including phenoxy) is 2. The van der Waals surface area contributed by atoms with E-state index in [1.54, 1.807) is 31.5 Å². The van der Waals surface area contributed by atoms with Gasteiger partial charge in [-0.05, 0) is 34.5 Å². The van der Waals surface area contributed by atoms with Gasteiger partial charge < -0.3 is 14.8 Å². The molecule has 0 saturated heterocycles. The van der Waals surface area contributed by atoms with Crippen molar-refractivity contribution in [1.82, 2.24) is 9.97 Å². The molecule has 0 radical (unpaired) electrons. The third-order valence-electron chi connectivity index (χ3n) is 3.03. The number of anilines is 1. The smallest absolute Gasteiger partial charge is 0.275 e. The minimum Gasteiger partial charge on any atom is -0.497 e. The lowest BCUT2D eigenvalue weighted by Gasteiger charge is -2.12. The van der Waals surface area contributed by atoms with Crippen LogP contribution in [0.15, 0.2) is 34.0 Å². The highest BCUT2D eigenvalue weighted by Crippen LogP contribution is 2.30. The summed E-state index contributed by atoms with van der Waals surface area (Å²) in [7, 11) is 3.10. The van der Waals surface area contributed by atoms with Gasteiger partial charge in [0.05, 0.1) is 24.4 Å². The molecule has 0 unspecified atom stereocenters. The van der Waals surface area contributed by atoms with Gasteiger partial charge in [0.1, 0.15) is 17.2 Å². The van der Waals surface area contributed by atoms with Crippen molar-refractivity contribution in [2.45, 2.75) is 18.5 Å². The van der Waals surface area contributed by atoms with Gasteiger partial charge in [0.2, 0.25) is 0 Å². The van der Waals surface area contributed by atoms with Crippen LogP contribution in [0.3, 0.4) is 0 Å². The van der Waals surface area contributed by atoms with Crippen LogP contribution in [0.4, 0.5) is 5.69 Å². The Bertz CT molecular complexity index is 728. The number of nitrogens with zero attached hydrogens (tertiary/aromatic N) is 2. The molecule has 0 spiro atoms. The summed E-state index contributed by atoms with van der Waals surface area (Å²) in [6, 6.07) is 5.17. The lowest BCUT2D eigenvalue weighted by molar-refractivity contribution is 0.102. The zero-order valence-corrected chi connectivity index (χ0v) is 16.0. The van der Waals surface area contributed by atoms with Gasteiger partial charge in [0, 0.05) is 18.0 Å². The molecule has 0 atom stereocenters. The molecule has 1 amide bonds. The summed E-state index contributed by atoms with van der Waals surface area (Å²) in [6.45, 7) is 2.08. The van der Waals surface area contributed by atoms with E-state index in [-0.39, 0.29) is 11.6 Å². The normalized spacial score (nSPS) is 10.3. The first-order valence-corrected chi connectivity index (χ1v) is 9.05. The predicted octanol–water partition coefficient (Wildman–Crippen LogP) is 4.01. The van der Waals surface area contributed by atoms with Crippen LogP contribution in [0.1, 0.15) is 23.8 Å². The second kappa shape index (κ2) is 8.89. The number of halogens is 1. The van der Waals surface area contributed by atoms with Crippen LogP contribution in [0.25, 0.3) is 0 Å². The topological polar surface area (TPSA) is 73.3 Å². The van der Waals surface area contributed by atoms with E-state index >= 15 is 0 Å². The quantitative estimate of drug-likeness (QED) is 0.547. The van der Waals surface area contributed by atoms with Crippen LogP contribution < -0.4 is 14.8 Å². The van der Waals surface area contributed by atoms with Crippen molar-refractivity contribution in [3.63, 3.8) is 0 Å². The van der Waals surface area contributed by atoms with E-state index in [9.17, 15) is 4.79 Å². The molecule has 0 bridgehead atoms. The van der Waals surface area contributed by atoms with Gasteiger partial charge >= 0.3 is 0 Å². The highest BCUT2D eigenvalue weighted by Gasteiger charge is 2.16. The van der Waals surface area contributed by atoms with Gasteiger partial charge in [-0.15, -0.1) is 0 Å². The van der Waals surface area contributed by atoms with Crippen molar-refractivity contribution < 1.29 is 14.3 Å². The molecular weight excluding hydrogens is 394 g/mol. The van der Waals surface area contributed by atoms with Gasteiger partial charge in [-0.3, -0.25) is 4.79 Å². The molecule has 0 aliphatic heterocycles. The molecule has 0 saturated carbocycles. The van der Waals surface area contributed by atoms with E-state index in [0.29, 0.717) is 26.8 Å². The lowest BCUT2D eigenvalue weighted by Crippen LogP contribution is -2.16. The number of amides is 1. The number of benzene rings is 1. The Kier molecular flexibility index (Phi) is 6.86. The van der Waals surface area contributed by atoms with Crippen molar-refractivity contribution >= 4 is 39.3 Å². The van der Waals surface area contributed by atoms with Gasteiger partial charge in [0.25, 0.3) is 5.91 Å². The standard InChI is InChI=1S/C16H18BrN3O3S/c1-4-7-24-16-18-9-11(17)14(20-16)15(21)19-12-6-5-10(22-2)8-13(12)23-3/h5-6,8-9H,4,7H2,1-3H3,(H,19,21). The molecule has 0 aliphatic carbocycles. The number of aromatic nitrogens is 2. The maximum atomic E-state index is 12.6. The minimum atomic E-state index is -0.342. The molecule has 8 heteroatoms. The lowest BCUT2D eigenvalue weighted by atomic mass is 10.2. The zero-order chi connectivity index (χ0) is 17.5. The van der Waals surface area contributed by atoms with Crippen LogP contribution in [0.5, 0.6) is 11.5 Å². The minimum absolute atomic E-state index is 0.279. The number of rotatable bonds is 7. The Balaban J connectivity index is 2.23. The number of nitrogens with one attached hydrogen (secondary N) is 1. The molecule has 0 aliphatic rings. The fourth-order valence-electron chi connectivity index (χ4n) is 1.86. The first-order chi connectivity index (χ1) is 11.6. The maximum absolute atomic E-state index is 12.6. The summed E-state index contributed by atoms with van der Waals surface area (Å²) in [6.07, 6.45) is 2.60. The van der Waals surface area contributed by atoms with E-state index in [1.165, 1.54) is 18.9 Å². The summed E-state index contributed by atoms with van der Waals surface area (Å²) in [5, 5.41) is 3.38. The SMILES string of the molecule is CCCSc1ncc(Br)c(C(=O)Nc2ccc(OC)cc2OC)n1. The molecule has 6 nitrogen and oxygen atoms in total. The maximum Gasteiger partial charge on any atom is 0.275 e. The third-order valence-corrected chi connectivity index (χ3v) is 4.68. The van der Waals surface area contributed by atoms with Gasteiger partial charge in [-0.25, -0.2) is 9.97 Å². The average Bonchev–Trinajstić information content (AvgIpc) is 2.61. The molecule has 1 aromatic heterocycles. The molecule has 0 fully saturated rings. The zero-order valence-electron chi connectivity index (χ0n) is 13.6.